The third kappa shape index (κ3) is 2.41. The van der Waals surface area contributed by atoms with Gasteiger partial charge in [0, 0.05) is 17.3 Å². The number of benzene rings is 2. The van der Waals surface area contributed by atoms with Gasteiger partial charge in [-0.2, -0.15) is 0 Å². The van der Waals surface area contributed by atoms with Gasteiger partial charge in [0.05, 0.1) is 18.0 Å². The summed E-state index contributed by atoms with van der Waals surface area (Å²) in [6, 6.07) is -0.225. The van der Waals surface area contributed by atoms with Crippen molar-refractivity contribution in [2.75, 3.05) is 0 Å². The number of hydrogen-bond acceptors (Lipinski definition) is 1. The van der Waals surface area contributed by atoms with Crippen LogP contribution in [0.1, 0.15) is 17.9 Å². The molecule has 0 radical (unpaired) electrons. The molecule has 0 saturated carbocycles. The summed E-state index contributed by atoms with van der Waals surface area (Å²) in [5.74, 6) is 0. The Hall–Kier alpha value is -2.41. The largest absolute Gasteiger partial charge is 0.256 e. The lowest BCUT2D eigenvalue weighted by molar-refractivity contribution is 1.29. The molecule has 0 aliphatic carbocycles. The zero-order valence-electron chi connectivity index (χ0n) is 19.2. The summed E-state index contributed by atoms with van der Waals surface area (Å²) in [6.07, 6.45) is 1.36. The van der Waals surface area contributed by atoms with Crippen molar-refractivity contribution in [2.45, 2.75) is 6.92 Å². The van der Waals surface area contributed by atoms with Gasteiger partial charge in [-0.25, -0.2) is 0 Å². The summed E-state index contributed by atoms with van der Waals surface area (Å²) in [7, 11) is 0. The predicted octanol–water partition coefficient (Wildman–Crippen LogP) is 4.72. The number of hydrogen-bond donors (Lipinski definition) is 0. The standard InChI is InChI=1S/C18H15N/c1-14-12-18(16-10-6-3-7-11-16)19-13-17(14)15-8-4-2-5-9-15/h2-13H,1H3/i2D,3D,4D,5D,6D,7D,8D,9D,10D. The molecule has 1 heteroatoms. The van der Waals surface area contributed by atoms with E-state index >= 15 is 0 Å². The van der Waals surface area contributed by atoms with Gasteiger partial charge in [0.25, 0.3) is 0 Å². The van der Waals surface area contributed by atoms with Crippen molar-refractivity contribution in [1.29, 1.82) is 0 Å². The third-order valence-corrected chi connectivity index (χ3v) is 2.70. The van der Waals surface area contributed by atoms with Gasteiger partial charge in [0.2, 0.25) is 0 Å². The molecule has 0 spiro atoms. The van der Waals surface area contributed by atoms with Gasteiger partial charge < -0.3 is 0 Å². The van der Waals surface area contributed by atoms with Crippen LogP contribution in [0.3, 0.4) is 0 Å². The summed E-state index contributed by atoms with van der Waals surface area (Å²) in [6.45, 7) is 1.69. The van der Waals surface area contributed by atoms with E-state index in [0.29, 0.717) is 16.8 Å². The van der Waals surface area contributed by atoms with Crippen LogP contribution < -0.4 is 0 Å². The summed E-state index contributed by atoms with van der Waals surface area (Å²) >= 11 is 0. The number of aryl methyl sites for hydroxylation is 1. The van der Waals surface area contributed by atoms with E-state index in [1.54, 1.807) is 13.0 Å². The maximum atomic E-state index is 8.10. The van der Waals surface area contributed by atoms with E-state index in [9.17, 15) is 0 Å². The fourth-order valence-corrected chi connectivity index (χ4v) is 1.77. The first-order valence-electron chi connectivity index (χ1n) is 10.2. The lowest BCUT2D eigenvalue weighted by atomic mass is 10.0. The second-order valence-electron chi connectivity index (χ2n) is 3.96. The van der Waals surface area contributed by atoms with Crippen LogP contribution in [0.5, 0.6) is 0 Å². The van der Waals surface area contributed by atoms with Crippen molar-refractivity contribution in [1.82, 2.24) is 4.98 Å². The lowest BCUT2D eigenvalue weighted by Gasteiger charge is -2.08. The SMILES string of the molecule is [2H]c1cc(-c2cc(C)c(-c3c([2H])c([2H])c([2H])c([2H])c3[2H])cn2)c([2H])c([2H])c1[2H]. The van der Waals surface area contributed by atoms with E-state index in [1.165, 1.54) is 12.3 Å². The van der Waals surface area contributed by atoms with Crippen LogP contribution in [-0.2, 0) is 0 Å². The molecule has 0 fully saturated rings. The van der Waals surface area contributed by atoms with Crippen molar-refractivity contribution in [3.8, 4) is 22.4 Å². The van der Waals surface area contributed by atoms with Crippen LogP contribution in [0.2, 0.25) is 0 Å². The Bertz CT molecular complexity index is 1100. The maximum absolute atomic E-state index is 8.10. The third-order valence-electron chi connectivity index (χ3n) is 2.70. The van der Waals surface area contributed by atoms with Gasteiger partial charge in [-0.05, 0) is 24.1 Å². The van der Waals surface area contributed by atoms with Gasteiger partial charge in [-0.15, -0.1) is 0 Å². The molecule has 0 saturated heterocycles. The van der Waals surface area contributed by atoms with Crippen molar-refractivity contribution >= 4 is 0 Å². The zero-order valence-corrected chi connectivity index (χ0v) is 10.2. The molecule has 1 heterocycles. The van der Waals surface area contributed by atoms with Crippen LogP contribution in [0.4, 0.5) is 0 Å². The minimum Gasteiger partial charge on any atom is -0.256 e. The second kappa shape index (κ2) is 5.07. The van der Waals surface area contributed by atoms with Gasteiger partial charge in [0.15, 0.2) is 0 Å². The molecular weight excluding hydrogens is 230 g/mol. The van der Waals surface area contributed by atoms with Crippen molar-refractivity contribution in [3.05, 3.63) is 78.3 Å². The van der Waals surface area contributed by atoms with E-state index in [-0.39, 0.29) is 47.4 Å². The first-order valence-corrected chi connectivity index (χ1v) is 5.68. The van der Waals surface area contributed by atoms with Crippen molar-refractivity contribution in [3.63, 3.8) is 0 Å². The maximum Gasteiger partial charge on any atom is 0.0705 e. The van der Waals surface area contributed by atoms with Crippen LogP contribution in [-0.4, -0.2) is 4.98 Å². The summed E-state index contributed by atoms with van der Waals surface area (Å²) in [5, 5.41) is 0. The minimum absolute atomic E-state index is 0.0394. The molecular formula is C18H15N. The Morgan fingerprint density at radius 2 is 1.58 bits per heavy atom. The van der Waals surface area contributed by atoms with Gasteiger partial charge in [-0.1, -0.05) is 60.4 Å². The fourth-order valence-electron chi connectivity index (χ4n) is 1.77. The molecule has 0 unspecified atom stereocenters. The van der Waals surface area contributed by atoms with E-state index < -0.39 is 18.1 Å². The predicted molar refractivity (Wildman–Crippen MR) is 79.8 cm³/mol. The van der Waals surface area contributed by atoms with Gasteiger partial charge in [0.1, 0.15) is 0 Å². The molecule has 0 amide bonds. The molecule has 19 heavy (non-hydrogen) atoms. The molecule has 1 nitrogen and oxygen atoms in total. The molecule has 0 aliphatic rings. The highest BCUT2D eigenvalue weighted by Crippen LogP contribution is 2.26. The average Bonchev–Trinajstić information content (AvgIpc) is 2.67. The molecule has 0 aliphatic heterocycles. The topological polar surface area (TPSA) is 12.9 Å². The molecule has 3 aromatic rings. The Kier molecular flexibility index (Phi) is 1.41. The molecule has 3 rings (SSSR count). The lowest BCUT2D eigenvalue weighted by Crippen LogP contribution is -1.89. The van der Waals surface area contributed by atoms with Crippen LogP contribution in [0.15, 0.2) is 72.7 Å². The molecule has 0 atom stereocenters. The Balaban J connectivity index is 2.22. The Morgan fingerprint density at radius 1 is 0.895 bits per heavy atom. The Labute approximate surface area is 126 Å². The number of nitrogens with zero attached hydrogens (tertiary/aromatic N) is 1. The Morgan fingerprint density at radius 3 is 2.32 bits per heavy atom. The van der Waals surface area contributed by atoms with E-state index in [0.717, 1.165) is 0 Å². The van der Waals surface area contributed by atoms with Gasteiger partial charge in [-0.3, -0.25) is 4.98 Å². The number of rotatable bonds is 2. The van der Waals surface area contributed by atoms with Gasteiger partial charge >= 0.3 is 0 Å². The molecule has 0 bridgehead atoms. The average molecular weight is 254 g/mol. The number of aromatic nitrogens is 1. The molecule has 1 aromatic heterocycles. The highest BCUT2D eigenvalue weighted by molar-refractivity contribution is 5.70. The second-order valence-corrected chi connectivity index (χ2v) is 3.96. The normalized spacial score (nSPS) is 17.0. The monoisotopic (exact) mass is 254 g/mol. The van der Waals surface area contributed by atoms with Crippen LogP contribution in [0, 0.1) is 6.92 Å². The first-order chi connectivity index (χ1) is 13.1. The number of pyridine rings is 1. The van der Waals surface area contributed by atoms with E-state index in [2.05, 4.69) is 4.98 Å². The van der Waals surface area contributed by atoms with Crippen molar-refractivity contribution < 1.29 is 12.3 Å². The minimum atomic E-state index is -0.471. The highest BCUT2D eigenvalue weighted by atomic mass is 14.7. The molecule has 2 aromatic carbocycles. The molecule has 92 valence electrons. The van der Waals surface area contributed by atoms with E-state index in [4.69, 9.17) is 12.3 Å². The summed E-state index contributed by atoms with van der Waals surface area (Å²) in [4.78, 5) is 4.24. The first kappa shape index (κ1) is 5.30. The molecule has 0 N–H and O–H groups in total. The smallest absolute Gasteiger partial charge is 0.0705 e. The zero-order chi connectivity index (χ0) is 20.9. The highest BCUT2D eigenvalue weighted by Gasteiger charge is 2.05. The summed E-state index contributed by atoms with van der Waals surface area (Å²) < 4.78 is 70.8. The van der Waals surface area contributed by atoms with E-state index in [1.807, 2.05) is 0 Å². The van der Waals surface area contributed by atoms with Crippen molar-refractivity contribution in [2.24, 2.45) is 0 Å². The van der Waals surface area contributed by atoms with Crippen LogP contribution in [0.25, 0.3) is 22.4 Å². The van der Waals surface area contributed by atoms with Crippen LogP contribution >= 0.6 is 0 Å². The summed E-state index contributed by atoms with van der Waals surface area (Å²) in [5.41, 5.74) is 1.50. The fraction of sp³-hybridized carbons (Fsp3) is 0.0556. The quantitative estimate of drug-likeness (QED) is 0.644.